The van der Waals surface area contributed by atoms with Crippen LogP contribution in [-0.2, 0) is 5.41 Å². The number of hydrogen-bond donors (Lipinski definition) is 0. The van der Waals surface area contributed by atoms with E-state index in [1.54, 1.807) is 0 Å². The Kier molecular flexibility index (Phi) is 8.80. The molecule has 0 saturated heterocycles. The minimum Gasteiger partial charge on any atom is -0.277 e. The SMILES string of the molecule is CC1(C)c2ccccc2-c2ccc3c4ccccc4n(-c4nc(-c5ccccc5)nc(-c5ccc(-c6ccc(-c7cccc(-c8cccc(-c9ccccc9)c8)c7)cc6)cc5)n4)c3c21. The maximum Gasteiger partial charge on any atom is 0.238 e. The molecule has 0 amide bonds. The first kappa shape index (κ1) is 37.5. The summed E-state index contributed by atoms with van der Waals surface area (Å²) in [5.74, 6) is 1.86. The molecule has 4 nitrogen and oxygen atoms in total. The second-order valence-electron chi connectivity index (χ2n) is 17.2. The number of aromatic nitrogens is 4. The van der Waals surface area contributed by atoms with Gasteiger partial charge in [-0.1, -0.05) is 214 Å². The van der Waals surface area contributed by atoms with E-state index in [-0.39, 0.29) is 5.41 Å². The molecule has 0 spiro atoms. The predicted octanol–water partition coefficient (Wildman–Crippen LogP) is 15.3. The van der Waals surface area contributed by atoms with Crippen molar-refractivity contribution in [3.63, 3.8) is 0 Å². The average Bonchev–Trinajstić information content (AvgIpc) is 3.82. The Bertz CT molecular complexity index is 3550. The van der Waals surface area contributed by atoms with Crippen molar-refractivity contribution in [1.29, 1.82) is 0 Å². The Morgan fingerprint density at radius 2 is 0.797 bits per heavy atom. The molecule has 0 saturated carbocycles. The normalized spacial score (nSPS) is 12.7. The Labute approximate surface area is 372 Å². The molecule has 9 aromatic carbocycles. The van der Waals surface area contributed by atoms with Crippen LogP contribution in [0.25, 0.3) is 106 Å². The third-order valence-electron chi connectivity index (χ3n) is 13.1. The van der Waals surface area contributed by atoms with Gasteiger partial charge in [-0.2, -0.15) is 9.97 Å². The molecule has 12 rings (SSSR count). The molecule has 0 unspecified atom stereocenters. The van der Waals surface area contributed by atoms with E-state index >= 15 is 0 Å². The fourth-order valence-corrected chi connectivity index (χ4v) is 9.88. The Morgan fingerprint density at radius 3 is 1.42 bits per heavy atom. The second kappa shape index (κ2) is 15.0. The number of para-hydroxylation sites is 1. The molecule has 0 radical (unpaired) electrons. The maximum atomic E-state index is 5.33. The van der Waals surface area contributed by atoms with Crippen LogP contribution in [0.5, 0.6) is 0 Å². The molecule has 1 aliphatic carbocycles. The molecular formula is C60H42N4. The van der Waals surface area contributed by atoms with Crippen molar-refractivity contribution >= 4 is 21.8 Å². The van der Waals surface area contributed by atoms with E-state index in [9.17, 15) is 0 Å². The molecule has 2 aromatic heterocycles. The number of fused-ring (bicyclic) bond motifs is 7. The van der Waals surface area contributed by atoms with Crippen LogP contribution in [0.1, 0.15) is 25.0 Å². The zero-order chi connectivity index (χ0) is 42.8. The molecular weight excluding hydrogens is 777 g/mol. The number of hydrogen-bond acceptors (Lipinski definition) is 3. The van der Waals surface area contributed by atoms with Crippen molar-refractivity contribution in [2.75, 3.05) is 0 Å². The van der Waals surface area contributed by atoms with Crippen LogP contribution in [0.15, 0.2) is 218 Å². The third-order valence-corrected chi connectivity index (χ3v) is 13.1. The first-order valence-electron chi connectivity index (χ1n) is 21.9. The van der Waals surface area contributed by atoms with Gasteiger partial charge in [0, 0.05) is 27.3 Å². The van der Waals surface area contributed by atoms with Crippen molar-refractivity contribution in [3.05, 3.63) is 230 Å². The summed E-state index contributed by atoms with van der Waals surface area (Å²) in [5, 5.41) is 2.36. The summed E-state index contributed by atoms with van der Waals surface area (Å²) in [5.41, 5.74) is 18.5. The van der Waals surface area contributed by atoms with Crippen molar-refractivity contribution < 1.29 is 0 Å². The smallest absolute Gasteiger partial charge is 0.238 e. The minimum atomic E-state index is -0.233. The standard InChI is InChI=1S/C60H42N4/c1-60(2)53-25-11-9-23-49(53)51-35-36-52-50-24-10-12-26-54(50)64(56(52)55(51)60)59-62-57(43-17-7-4-8-18-43)61-58(63-59)44-33-31-41(32-34-44)40-27-29-42(30-28-40)46-20-14-22-48(38-46)47-21-13-19-45(37-47)39-15-5-3-6-16-39/h3-38H,1-2H3. The van der Waals surface area contributed by atoms with Gasteiger partial charge in [-0.05, 0) is 85.0 Å². The first-order valence-corrected chi connectivity index (χ1v) is 21.9. The van der Waals surface area contributed by atoms with Gasteiger partial charge in [-0.15, -0.1) is 0 Å². The lowest BCUT2D eigenvalue weighted by Gasteiger charge is -2.23. The zero-order valence-electron chi connectivity index (χ0n) is 35.6. The van der Waals surface area contributed by atoms with Gasteiger partial charge in [0.05, 0.1) is 11.0 Å². The Morgan fingerprint density at radius 1 is 0.344 bits per heavy atom. The van der Waals surface area contributed by atoms with Crippen LogP contribution in [0.3, 0.4) is 0 Å². The highest BCUT2D eigenvalue weighted by Crippen LogP contribution is 2.53. The molecule has 2 heterocycles. The summed E-state index contributed by atoms with van der Waals surface area (Å²) in [4.78, 5) is 15.7. The van der Waals surface area contributed by atoms with Gasteiger partial charge in [0.1, 0.15) is 0 Å². The molecule has 1 aliphatic rings. The second-order valence-corrected chi connectivity index (χ2v) is 17.2. The summed E-state index contributed by atoms with van der Waals surface area (Å²) in [6.45, 7) is 4.68. The molecule has 0 aliphatic heterocycles. The summed E-state index contributed by atoms with van der Waals surface area (Å²) >= 11 is 0. The van der Waals surface area contributed by atoms with Crippen LogP contribution in [0.4, 0.5) is 0 Å². The molecule has 0 N–H and O–H groups in total. The highest BCUT2D eigenvalue weighted by atomic mass is 15.2. The topological polar surface area (TPSA) is 43.6 Å². The van der Waals surface area contributed by atoms with Crippen LogP contribution < -0.4 is 0 Å². The number of benzene rings is 9. The van der Waals surface area contributed by atoms with Crippen molar-refractivity contribution in [2.24, 2.45) is 0 Å². The maximum absolute atomic E-state index is 5.33. The lowest BCUT2D eigenvalue weighted by Crippen LogP contribution is -2.17. The van der Waals surface area contributed by atoms with E-state index < -0.39 is 0 Å². The average molecular weight is 819 g/mol. The van der Waals surface area contributed by atoms with Crippen LogP contribution in [0.2, 0.25) is 0 Å². The summed E-state index contributed by atoms with van der Waals surface area (Å²) in [6, 6.07) is 77.8. The molecule has 302 valence electrons. The molecule has 4 heteroatoms. The van der Waals surface area contributed by atoms with E-state index in [0.29, 0.717) is 17.6 Å². The van der Waals surface area contributed by atoms with Gasteiger partial charge in [-0.3, -0.25) is 4.57 Å². The molecule has 0 atom stereocenters. The van der Waals surface area contributed by atoms with E-state index in [1.165, 1.54) is 66.4 Å². The molecule has 11 aromatic rings. The van der Waals surface area contributed by atoms with Gasteiger partial charge in [0.15, 0.2) is 11.6 Å². The van der Waals surface area contributed by atoms with Crippen LogP contribution in [-0.4, -0.2) is 19.5 Å². The quantitative estimate of drug-likeness (QED) is 0.161. The molecule has 0 fully saturated rings. The fraction of sp³-hybridized carbons (Fsp3) is 0.0500. The fourth-order valence-electron chi connectivity index (χ4n) is 9.88. The van der Waals surface area contributed by atoms with Crippen molar-refractivity contribution in [3.8, 4) is 84.4 Å². The van der Waals surface area contributed by atoms with Gasteiger partial charge >= 0.3 is 0 Å². The van der Waals surface area contributed by atoms with Gasteiger partial charge in [0.2, 0.25) is 5.95 Å². The van der Waals surface area contributed by atoms with E-state index in [4.69, 9.17) is 15.0 Å². The lowest BCUT2D eigenvalue weighted by molar-refractivity contribution is 0.663. The summed E-state index contributed by atoms with van der Waals surface area (Å²) < 4.78 is 2.28. The number of nitrogens with zero attached hydrogens (tertiary/aromatic N) is 4. The highest BCUT2D eigenvalue weighted by Gasteiger charge is 2.38. The zero-order valence-corrected chi connectivity index (χ0v) is 35.6. The first-order chi connectivity index (χ1) is 31.5. The molecule has 64 heavy (non-hydrogen) atoms. The summed E-state index contributed by atoms with van der Waals surface area (Å²) in [6.07, 6.45) is 0. The third kappa shape index (κ3) is 6.26. The van der Waals surface area contributed by atoms with Crippen molar-refractivity contribution in [2.45, 2.75) is 19.3 Å². The minimum absolute atomic E-state index is 0.233. The van der Waals surface area contributed by atoms with E-state index in [1.807, 2.05) is 18.2 Å². The van der Waals surface area contributed by atoms with Gasteiger partial charge < -0.3 is 0 Å². The Hall–Kier alpha value is -8.21. The number of rotatable bonds is 7. The Balaban J connectivity index is 0.914. The highest BCUT2D eigenvalue weighted by molar-refractivity contribution is 6.13. The predicted molar refractivity (Wildman–Crippen MR) is 264 cm³/mol. The van der Waals surface area contributed by atoms with Gasteiger partial charge in [-0.25, -0.2) is 4.98 Å². The van der Waals surface area contributed by atoms with Crippen LogP contribution >= 0.6 is 0 Å². The monoisotopic (exact) mass is 818 g/mol. The molecule has 0 bridgehead atoms. The summed E-state index contributed by atoms with van der Waals surface area (Å²) in [7, 11) is 0. The largest absolute Gasteiger partial charge is 0.277 e. The van der Waals surface area contributed by atoms with Gasteiger partial charge in [0.25, 0.3) is 0 Å². The van der Waals surface area contributed by atoms with Crippen LogP contribution in [0, 0.1) is 0 Å². The lowest BCUT2D eigenvalue weighted by atomic mass is 9.81. The van der Waals surface area contributed by atoms with E-state index in [0.717, 1.165) is 33.3 Å². The van der Waals surface area contributed by atoms with Crippen molar-refractivity contribution in [1.82, 2.24) is 19.5 Å². The van der Waals surface area contributed by atoms with E-state index in [2.05, 4.69) is 219 Å².